The first-order chi connectivity index (χ1) is 9.88. The Hall–Kier alpha value is -1.76. The molecule has 6 heteroatoms. The van der Waals surface area contributed by atoms with Crippen molar-refractivity contribution in [3.8, 4) is 0 Å². The molecule has 0 saturated carbocycles. The Morgan fingerprint density at radius 3 is 2.33 bits per heavy atom. The minimum atomic E-state index is -3.68. The third kappa shape index (κ3) is 4.10. The van der Waals surface area contributed by atoms with Crippen molar-refractivity contribution < 1.29 is 12.8 Å². The fourth-order valence-electron chi connectivity index (χ4n) is 1.97. The molecule has 2 aromatic carbocycles. The van der Waals surface area contributed by atoms with Crippen LogP contribution in [0.1, 0.15) is 24.1 Å². The number of hydrogen-bond acceptors (Lipinski definition) is 3. The van der Waals surface area contributed by atoms with Gasteiger partial charge in [-0.1, -0.05) is 30.3 Å². The third-order valence-corrected chi connectivity index (χ3v) is 4.19. The highest BCUT2D eigenvalue weighted by molar-refractivity contribution is 7.89. The van der Waals surface area contributed by atoms with E-state index in [2.05, 4.69) is 5.32 Å². The summed E-state index contributed by atoms with van der Waals surface area (Å²) in [5, 5.41) is 8.24. The van der Waals surface area contributed by atoms with E-state index in [1.807, 2.05) is 6.92 Å². The van der Waals surface area contributed by atoms with E-state index in [4.69, 9.17) is 5.14 Å². The number of halogens is 1. The Balaban J connectivity index is 2.04. The monoisotopic (exact) mass is 308 g/mol. The topological polar surface area (TPSA) is 72.2 Å². The molecule has 0 saturated heterocycles. The van der Waals surface area contributed by atoms with Crippen LogP contribution in [0.25, 0.3) is 0 Å². The summed E-state index contributed by atoms with van der Waals surface area (Å²) in [4.78, 5) is 0.0764. The largest absolute Gasteiger partial charge is 0.306 e. The van der Waals surface area contributed by atoms with Crippen LogP contribution in [0.5, 0.6) is 0 Å². The summed E-state index contributed by atoms with van der Waals surface area (Å²) >= 11 is 0. The van der Waals surface area contributed by atoms with Gasteiger partial charge < -0.3 is 5.32 Å². The number of nitrogens with two attached hydrogens (primary N) is 1. The molecule has 21 heavy (non-hydrogen) atoms. The van der Waals surface area contributed by atoms with Crippen LogP contribution >= 0.6 is 0 Å². The first-order valence-electron chi connectivity index (χ1n) is 6.47. The molecule has 0 aliphatic carbocycles. The van der Waals surface area contributed by atoms with E-state index in [1.165, 1.54) is 18.2 Å². The summed E-state index contributed by atoms with van der Waals surface area (Å²) in [6.45, 7) is 2.32. The molecule has 0 aliphatic heterocycles. The van der Waals surface area contributed by atoms with E-state index in [-0.39, 0.29) is 16.8 Å². The van der Waals surface area contributed by atoms with Crippen LogP contribution in [0.2, 0.25) is 0 Å². The van der Waals surface area contributed by atoms with Crippen molar-refractivity contribution in [1.29, 1.82) is 0 Å². The maximum Gasteiger partial charge on any atom is 0.238 e. The number of hydrogen-bond donors (Lipinski definition) is 2. The molecule has 2 aromatic rings. The zero-order valence-electron chi connectivity index (χ0n) is 11.6. The second-order valence-electron chi connectivity index (χ2n) is 4.81. The maximum atomic E-state index is 13.5. The molecule has 4 nitrogen and oxygen atoms in total. The van der Waals surface area contributed by atoms with Crippen molar-refractivity contribution in [1.82, 2.24) is 5.32 Å². The van der Waals surface area contributed by atoms with Crippen molar-refractivity contribution in [2.75, 3.05) is 0 Å². The van der Waals surface area contributed by atoms with Gasteiger partial charge in [0.05, 0.1) is 4.90 Å². The van der Waals surface area contributed by atoms with Gasteiger partial charge >= 0.3 is 0 Å². The summed E-state index contributed by atoms with van der Waals surface area (Å²) < 4.78 is 35.9. The molecule has 0 aromatic heterocycles. The van der Waals surface area contributed by atoms with Gasteiger partial charge in [0, 0.05) is 18.2 Å². The third-order valence-electron chi connectivity index (χ3n) is 3.27. The summed E-state index contributed by atoms with van der Waals surface area (Å²) in [6.07, 6.45) is 0. The highest BCUT2D eigenvalue weighted by Crippen LogP contribution is 2.16. The molecule has 112 valence electrons. The van der Waals surface area contributed by atoms with Gasteiger partial charge in [-0.15, -0.1) is 0 Å². The zero-order chi connectivity index (χ0) is 15.5. The molecule has 0 fully saturated rings. The van der Waals surface area contributed by atoms with E-state index in [9.17, 15) is 12.8 Å². The van der Waals surface area contributed by atoms with Crippen molar-refractivity contribution in [3.05, 3.63) is 65.5 Å². The maximum absolute atomic E-state index is 13.5. The highest BCUT2D eigenvalue weighted by Gasteiger charge is 2.10. The molecule has 0 bridgehead atoms. The molecule has 1 atom stereocenters. The van der Waals surface area contributed by atoms with Crippen LogP contribution in [-0.2, 0) is 16.6 Å². The fraction of sp³-hybridized carbons (Fsp3) is 0.200. The average molecular weight is 308 g/mol. The van der Waals surface area contributed by atoms with E-state index < -0.39 is 10.0 Å². The van der Waals surface area contributed by atoms with Crippen LogP contribution in [-0.4, -0.2) is 8.42 Å². The SMILES string of the molecule is CC(NCc1ccccc1F)c1ccc(S(N)(=O)=O)cc1. The molecule has 1 unspecified atom stereocenters. The standard InChI is InChI=1S/C15H17FN2O2S/c1-11(18-10-13-4-2-3-5-15(13)16)12-6-8-14(9-7-12)21(17,19)20/h2-9,11,18H,10H2,1H3,(H2,17,19,20). The van der Waals surface area contributed by atoms with Crippen molar-refractivity contribution in [3.63, 3.8) is 0 Å². The molecule has 0 amide bonds. The number of nitrogens with one attached hydrogen (secondary N) is 1. The van der Waals surface area contributed by atoms with Gasteiger partial charge in [-0.05, 0) is 30.7 Å². The number of primary sulfonamides is 1. The second kappa shape index (κ2) is 6.34. The van der Waals surface area contributed by atoms with E-state index >= 15 is 0 Å². The predicted octanol–water partition coefficient (Wildman–Crippen LogP) is 2.32. The fourth-order valence-corrected chi connectivity index (χ4v) is 2.48. The first-order valence-corrected chi connectivity index (χ1v) is 8.02. The van der Waals surface area contributed by atoms with Crippen molar-refractivity contribution >= 4 is 10.0 Å². The van der Waals surface area contributed by atoms with Gasteiger partial charge in [0.2, 0.25) is 10.0 Å². The van der Waals surface area contributed by atoms with Gasteiger partial charge in [0.15, 0.2) is 0 Å². The molecule has 0 spiro atoms. The molecular formula is C15H17FN2O2S. The summed E-state index contributed by atoms with van der Waals surface area (Å²) in [6, 6.07) is 12.8. The summed E-state index contributed by atoms with van der Waals surface area (Å²) in [5.41, 5.74) is 1.49. The molecule has 2 rings (SSSR count). The van der Waals surface area contributed by atoms with Crippen LogP contribution in [0.3, 0.4) is 0 Å². The molecule has 0 heterocycles. The smallest absolute Gasteiger partial charge is 0.238 e. The molecular weight excluding hydrogens is 291 g/mol. The van der Waals surface area contributed by atoms with Gasteiger partial charge in [0.25, 0.3) is 0 Å². The second-order valence-corrected chi connectivity index (χ2v) is 6.37. The number of rotatable bonds is 5. The number of benzene rings is 2. The minimum absolute atomic E-state index is 0.0425. The Bertz CT molecular complexity index is 715. The Morgan fingerprint density at radius 1 is 1.14 bits per heavy atom. The van der Waals surface area contributed by atoms with Gasteiger partial charge in [0.1, 0.15) is 5.82 Å². The molecule has 3 N–H and O–H groups in total. The van der Waals surface area contributed by atoms with Crippen molar-refractivity contribution in [2.24, 2.45) is 5.14 Å². The lowest BCUT2D eigenvalue weighted by Gasteiger charge is -2.15. The highest BCUT2D eigenvalue weighted by atomic mass is 32.2. The van der Waals surface area contributed by atoms with Crippen LogP contribution in [0, 0.1) is 5.82 Å². The Labute approximate surface area is 123 Å². The zero-order valence-corrected chi connectivity index (χ0v) is 12.4. The van der Waals surface area contributed by atoms with Crippen molar-refractivity contribution in [2.45, 2.75) is 24.4 Å². The minimum Gasteiger partial charge on any atom is -0.306 e. The van der Waals surface area contributed by atoms with E-state index in [0.29, 0.717) is 12.1 Å². The van der Waals surface area contributed by atoms with Gasteiger partial charge in [-0.2, -0.15) is 0 Å². The lowest BCUT2D eigenvalue weighted by atomic mass is 10.1. The lowest BCUT2D eigenvalue weighted by Crippen LogP contribution is -2.19. The first kappa shape index (κ1) is 15.6. The Kier molecular flexibility index (Phi) is 4.72. The van der Waals surface area contributed by atoms with Gasteiger partial charge in [-0.25, -0.2) is 17.9 Å². The normalized spacial score (nSPS) is 13.1. The Morgan fingerprint density at radius 2 is 1.76 bits per heavy atom. The average Bonchev–Trinajstić information content (AvgIpc) is 2.45. The lowest BCUT2D eigenvalue weighted by molar-refractivity contribution is 0.544. The van der Waals surface area contributed by atoms with Crippen LogP contribution < -0.4 is 10.5 Å². The summed E-state index contributed by atoms with van der Waals surface area (Å²) in [7, 11) is -3.68. The molecule has 0 radical (unpaired) electrons. The van der Waals surface area contributed by atoms with Gasteiger partial charge in [-0.3, -0.25) is 0 Å². The van der Waals surface area contributed by atoms with Crippen LogP contribution in [0.4, 0.5) is 4.39 Å². The quantitative estimate of drug-likeness (QED) is 0.890. The summed E-state index contributed by atoms with van der Waals surface area (Å²) in [5.74, 6) is -0.248. The van der Waals surface area contributed by atoms with E-state index in [0.717, 1.165) is 5.56 Å². The molecule has 0 aliphatic rings. The van der Waals surface area contributed by atoms with E-state index in [1.54, 1.807) is 30.3 Å². The predicted molar refractivity (Wildman–Crippen MR) is 79.5 cm³/mol. The number of sulfonamides is 1. The van der Waals surface area contributed by atoms with Crippen LogP contribution in [0.15, 0.2) is 53.4 Å².